The summed E-state index contributed by atoms with van der Waals surface area (Å²) >= 11 is 5.86. The Labute approximate surface area is 137 Å². The summed E-state index contributed by atoms with van der Waals surface area (Å²) in [5, 5.41) is 3.43. The molecule has 6 heteroatoms. The fourth-order valence-electron chi connectivity index (χ4n) is 1.95. The average molecular weight is 460 g/mol. The van der Waals surface area contributed by atoms with Gasteiger partial charge in [-0.3, -0.25) is 0 Å². The SMILES string of the molecule is CCNC(CCCS(C)(=O)=O)c1cc(I)ccc1Br. The lowest BCUT2D eigenvalue weighted by molar-refractivity contribution is 0.505. The molecule has 1 rings (SSSR count). The summed E-state index contributed by atoms with van der Waals surface area (Å²) in [6.07, 6.45) is 2.78. The fourth-order valence-corrected chi connectivity index (χ4v) is 3.67. The average Bonchev–Trinajstić information content (AvgIpc) is 2.30. The van der Waals surface area contributed by atoms with E-state index in [9.17, 15) is 8.42 Å². The third-order valence-corrected chi connectivity index (χ3v) is 5.22. The second-order valence-electron chi connectivity index (χ2n) is 4.55. The van der Waals surface area contributed by atoms with Gasteiger partial charge in [0.25, 0.3) is 0 Å². The largest absolute Gasteiger partial charge is 0.310 e. The normalized spacial score (nSPS) is 13.5. The first-order valence-electron chi connectivity index (χ1n) is 6.19. The predicted octanol–water partition coefficient (Wildman–Crippen LogP) is 3.53. The van der Waals surface area contributed by atoms with Crippen LogP contribution in [0.25, 0.3) is 0 Å². The smallest absolute Gasteiger partial charge is 0.147 e. The molecule has 0 saturated heterocycles. The number of benzene rings is 1. The van der Waals surface area contributed by atoms with Crippen LogP contribution in [-0.2, 0) is 9.84 Å². The third kappa shape index (κ3) is 6.55. The maximum absolute atomic E-state index is 11.2. The molecule has 0 aliphatic heterocycles. The second-order valence-corrected chi connectivity index (χ2v) is 8.91. The molecule has 1 unspecified atom stereocenters. The van der Waals surface area contributed by atoms with Crippen molar-refractivity contribution in [1.29, 1.82) is 0 Å². The van der Waals surface area contributed by atoms with Gasteiger partial charge < -0.3 is 5.32 Å². The minimum absolute atomic E-state index is 0.191. The standard InChI is InChI=1S/C13H19BrINO2S/c1-3-16-13(5-4-8-19(2,17)18)11-9-10(15)6-7-12(11)14/h6-7,9,13,16H,3-5,8H2,1-2H3. The third-order valence-electron chi connectivity index (χ3n) is 2.79. The molecule has 0 aliphatic carbocycles. The summed E-state index contributed by atoms with van der Waals surface area (Å²) in [7, 11) is -2.88. The molecule has 108 valence electrons. The van der Waals surface area contributed by atoms with E-state index in [-0.39, 0.29) is 11.8 Å². The van der Waals surface area contributed by atoms with Gasteiger partial charge in [-0.15, -0.1) is 0 Å². The van der Waals surface area contributed by atoms with Crippen LogP contribution in [0.3, 0.4) is 0 Å². The molecule has 1 N–H and O–H groups in total. The number of hydrogen-bond acceptors (Lipinski definition) is 3. The van der Waals surface area contributed by atoms with Crippen LogP contribution in [0.2, 0.25) is 0 Å². The monoisotopic (exact) mass is 459 g/mol. The van der Waals surface area contributed by atoms with Crippen LogP contribution < -0.4 is 5.32 Å². The number of hydrogen-bond donors (Lipinski definition) is 1. The Morgan fingerprint density at radius 3 is 2.68 bits per heavy atom. The maximum atomic E-state index is 11.2. The van der Waals surface area contributed by atoms with E-state index in [0.29, 0.717) is 6.42 Å². The summed E-state index contributed by atoms with van der Waals surface area (Å²) in [4.78, 5) is 0. The van der Waals surface area contributed by atoms with Gasteiger partial charge >= 0.3 is 0 Å². The van der Waals surface area contributed by atoms with Gasteiger partial charge in [0.1, 0.15) is 9.84 Å². The Morgan fingerprint density at radius 1 is 1.42 bits per heavy atom. The van der Waals surface area contributed by atoms with Crippen LogP contribution in [0.4, 0.5) is 0 Å². The molecule has 0 bridgehead atoms. The zero-order valence-electron chi connectivity index (χ0n) is 11.1. The van der Waals surface area contributed by atoms with E-state index in [1.165, 1.54) is 15.4 Å². The summed E-state index contributed by atoms with van der Waals surface area (Å²) in [6.45, 7) is 2.92. The molecule has 0 aromatic heterocycles. The molecule has 1 atom stereocenters. The minimum Gasteiger partial charge on any atom is -0.310 e. The Balaban J connectivity index is 2.79. The van der Waals surface area contributed by atoms with Crippen molar-refractivity contribution in [2.24, 2.45) is 0 Å². The van der Waals surface area contributed by atoms with Crippen molar-refractivity contribution in [2.45, 2.75) is 25.8 Å². The van der Waals surface area contributed by atoms with Crippen molar-refractivity contribution < 1.29 is 8.42 Å². The van der Waals surface area contributed by atoms with Crippen molar-refractivity contribution in [3.05, 3.63) is 31.8 Å². The molecule has 0 radical (unpaired) electrons. The van der Waals surface area contributed by atoms with Crippen LogP contribution in [0.15, 0.2) is 22.7 Å². The molecule has 0 aliphatic rings. The van der Waals surface area contributed by atoms with Gasteiger partial charge in [-0.05, 0) is 65.7 Å². The van der Waals surface area contributed by atoms with Crippen molar-refractivity contribution in [1.82, 2.24) is 5.32 Å². The predicted molar refractivity (Wildman–Crippen MR) is 92.2 cm³/mol. The van der Waals surface area contributed by atoms with E-state index < -0.39 is 9.84 Å². The van der Waals surface area contributed by atoms with Crippen molar-refractivity contribution >= 4 is 48.4 Å². The lowest BCUT2D eigenvalue weighted by Crippen LogP contribution is -2.22. The first kappa shape index (κ1) is 17.4. The van der Waals surface area contributed by atoms with Gasteiger partial charge in [0.2, 0.25) is 0 Å². The Hall–Kier alpha value is 0.340. The Kier molecular flexibility index (Phi) is 7.28. The molecule has 0 spiro atoms. The highest BCUT2D eigenvalue weighted by Gasteiger charge is 2.15. The fraction of sp³-hybridized carbons (Fsp3) is 0.538. The van der Waals surface area contributed by atoms with E-state index in [1.54, 1.807) is 0 Å². The van der Waals surface area contributed by atoms with Gasteiger partial charge in [-0.25, -0.2) is 8.42 Å². The van der Waals surface area contributed by atoms with E-state index in [0.717, 1.165) is 17.4 Å². The second kappa shape index (κ2) is 7.95. The minimum atomic E-state index is -2.88. The van der Waals surface area contributed by atoms with Crippen LogP contribution in [0.1, 0.15) is 31.4 Å². The first-order valence-corrected chi connectivity index (χ1v) is 10.1. The van der Waals surface area contributed by atoms with Gasteiger partial charge in [-0.1, -0.05) is 22.9 Å². The van der Waals surface area contributed by atoms with Gasteiger partial charge in [0.05, 0.1) is 0 Å². The number of nitrogens with one attached hydrogen (secondary N) is 1. The molecule has 0 amide bonds. The van der Waals surface area contributed by atoms with Crippen molar-refractivity contribution in [3.63, 3.8) is 0 Å². The van der Waals surface area contributed by atoms with Gasteiger partial charge in [0, 0.05) is 26.1 Å². The highest BCUT2D eigenvalue weighted by atomic mass is 127. The van der Waals surface area contributed by atoms with Crippen LogP contribution in [-0.4, -0.2) is 27.0 Å². The molecular formula is C13H19BrINO2S. The zero-order chi connectivity index (χ0) is 14.5. The van der Waals surface area contributed by atoms with E-state index in [4.69, 9.17) is 0 Å². The van der Waals surface area contributed by atoms with Crippen LogP contribution in [0, 0.1) is 3.57 Å². The lowest BCUT2D eigenvalue weighted by atomic mass is 10.0. The molecule has 0 heterocycles. The quantitative estimate of drug-likeness (QED) is 0.634. The summed E-state index contributed by atoms with van der Waals surface area (Å²) in [6, 6.07) is 6.42. The molecule has 1 aromatic carbocycles. The molecule has 3 nitrogen and oxygen atoms in total. The zero-order valence-corrected chi connectivity index (χ0v) is 15.7. The van der Waals surface area contributed by atoms with E-state index in [2.05, 4.69) is 56.8 Å². The molecule has 0 fully saturated rings. The molecule has 19 heavy (non-hydrogen) atoms. The molecular weight excluding hydrogens is 441 g/mol. The summed E-state index contributed by atoms with van der Waals surface area (Å²) in [5.74, 6) is 0.246. The van der Waals surface area contributed by atoms with Crippen LogP contribution >= 0.6 is 38.5 Å². The molecule has 1 aromatic rings. The van der Waals surface area contributed by atoms with Crippen LogP contribution in [0.5, 0.6) is 0 Å². The maximum Gasteiger partial charge on any atom is 0.147 e. The van der Waals surface area contributed by atoms with E-state index in [1.807, 2.05) is 12.1 Å². The van der Waals surface area contributed by atoms with Gasteiger partial charge in [0.15, 0.2) is 0 Å². The number of sulfone groups is 1. The lowest BCUT2D eigenvalue weighted by Gasteiger charge is -2.20. The van der Waals surface area contributed by atoms with Gasteiger partial charge in [-0.2, -0.15) is 0 Å². The Bertz CT molecular complexity index is 519. The van der Waals surface area contributed by atoms with E-state index >= 15 is 0 Å². The number of rotatable bonds is 7. The van der Waals surface area contributed by atoms with Crippen molar-refractivity contribution in [3.8, 4) is 0 Å². The number of halogens is 2. The Morgan fingerprint density at radius 2 is 2.11 bits per heavy atom. The summed E-state index contributed by atoms with van der Waals surface area (Å²) < 4.78 is 24.6. The van der Waals surface area contributed by atoms with Crippen molar-refractivity contribution in [2.75, 3.05) is 18.6 Å². The highest BCUT2D eigenvalue weighted by molar-refractivity contribution is 14.1. The first-order chi connectivity index (χ1) is 8.83. The highest BCUT2D eigenvalue weighted by Crippen LogP contribution is 2.28. The topological polar surface area (TPSA) is 46.2 Å². The molecule has 0 saturated carbocycles. The summed E-state index contributed by atoms with van der Waals surface area (Å²) in [5.41, 5.74) is 1.20.